The Hall–Kier alpha value is -2.11. The van der Waals surface area contributed by atoms with Crippen LogP contribution in [-0.4, -0.2) is 44.9 Å². The van der Waals surface area contributed by atoms with E-state index in [9.17, 15) is 9.90 Å². The molecule has 2 aromatic rings. The Balaban J connectivity index is 1.73. The Bertz CT molecular complexity index is 820. The van der Waals surface area contributed by atoms with Gasteiger partial charge in [-0.2, -0.15) is 5.10 Å². The Morgan fingerprint density at radius 1 is 1.31 bits per heavy atom. The van der Waals surface area contributed by atoms with E-state index in [-0.39, 0.29) is 12.0 Å². The summed E-state index contributed by atoms with van der Waals surface area (Å²) < 4.78 is 1.91. The number of rotatable bonds is 4. The van der Waals surface area contributed by atoms with Crippen LogP contribution in [0.2, 0.25) is 5.02 Å². The second-order valence-corrected chi connectivity index (χ2v) is 7.13. The molecule has 1 amide bonds. The molecule has 3 rings (SSSR count). The first-order chi connectivity index (χ1) is 12.5. The van der Waals surface area contributed by atoms with E-state index in [0.717, 1.165) is 27.5 Å². The van der Waals surface area contributed by atoms with Crippen LogP contribution in [-0.2, 0) is 11.3 Å². The minimum atomic E-state index is -0.282. The number of piperidine rings is 1. The number of aromatic nitrogens is 2. The van der Waals surface area contributed by atoms with Crippen molar-refractivity contribution in [1.82, 2.24) is 14.7 Å². The monoisotopic (exact) mass is 373 g/mol. The molecular formula is C20H24ClN3O2. The van der Waals surface area contributed by atoms with Gasteiger partial charge in [-0.1, -0.05) is 29.8 Å². The summed E-state index contributed by atoms with van der Waals surface area (Å²) in [7, 11) is 0. The summed E-state index contributed by atoms with van der Waals surface area (Å²) in [5.74, 6) is -0.0189. The quantitative estimate of drug-likeness (QED) is 0.837. The minimum Gasteiger partial charge on any atom is -0.393 e. The topological polar surface area (TPSA) is 58.4 Å². The van der Waals surface area contributed by atoms with Crippen molar-refractivity contribution in [3.63, 3.8) is 0 Å². The van der Waals surface area contributed by atoms with Gasteiger partial charge < -0.3 is 10.0 Å². The molecule has 0 saturated carbocycles. The van der Waals surface area contributed by atoms with Crippen molar-refractivity contribution in [2.75, 3.05) is 13.1 Å². The lowest BCUT2D eigenvalue weighted by Crippen LogP contribution is -2.39. The maximum absolute atomic E-state index is 12.4. The molecule has 0 radical (unpaired) electrons. The van der Waals surface area contributed by atoms with Gasteiger partial charge >= 0.3 is 0 Å². The SMILES string of the molecule is Cc1nn(Cc2ccccc2Cl)c(C)c1/C=C/C(=O)N1CCC(O)CC1. The lowest BCUT2D eigenvalue weighted by atomic mass is 10.1. The molecule has 1 aromatic carbocycles. The van der Waals surface area contributed by atoms with E-state index < -0.39 is 0 Å². The van der Waals surface area contributed by atoms with E-state index in [1.165, 1.54) is 0 Å². The fraction of sp³-hybridized carbons (Fsp3) is 0.400. The molecule has 1 fully saturated rings. The number of carbonyl (C=O) groups excluding carboxylic acids is 1. The van der Waals surface area contributed by atoms with E-state index in [2.05, 4.69) is 5.10 Å². The van der Waals surface area contributed by atoms with Crippen LogP contribution in [0.15, 0.2) is 30.3 Å². The molecule has 1 N–H and O–H groups in total. The largest absolute Gasteiger partial charge is 0.393 e. The predicted octanol–water partition coefficient (Wildman–Crippen LogP) is 3.20. The van der Waals surface area contributed by atoms with Crippen molar-refractivity contribution in [2.24, 2.45) is 0 Å². The highest BCUT2D eigenvalue weighted by atomic mass is 35.5. The zero-order chi connectivity index (χ0) is 18.7. The molecule has 0 unspecified atom stereocenters. The number of aryl methyl sites for hydroxylation is 1. The van der Waals surface area contributed by atoms with Crippen LogP contribution in [0.5, 0.6) is 0 Å². The Morgan fingerprint density at radius 2 is 2.00 bits per heavy atom. The normalized spacial score (nSPS) is 15.8. The summed E-state index contributed by atoms with van der Waals surface area (Å²) in [4.78, 5) is 14.1. The molecule has 1 saturated heterocycles. The summed E-state index contributed by atoms with van der Waals surface area (Å²) in [6.07, 6.45) is 4.46. The molecule has 6 heteroatoms. The molecule has 0 atom stereocenters. The van der Waals surface area contributed by atoms with Crippen molar-refractivity contribution < 1.29 is 9.90 Å². The standard InChI is InChI=1S/C20H24ClN3O2/c1-14-18(7-8-20(26)23-11-9-17(25)10-12-23)15(2)24(22-14)13-16-5-3-4-6-19(16)21/h3-8,17,25H,9-13H2,1-2H3/b8-7+. The number of likely N-dealkylation sites (tertiary alicyclic amines) is 1. The predicted molar refractivity (Wildman–Crippen MR) is 103 cm³/mol. The first-order valence-corrected chi connectivity index (χ1v) is 9.26. The van der Waals surface area contributed by atoms with Gasteiger partial charge in [-0.25, -0.2) is 0 Å². The summed E-state index contributed by atoms with van der Waals surface area (Å²) in [5, 5.41) is 14.9. The molecule has 1 aliphatic rings. The van der Waals surface area contributed by atoms with Crippen molar-refractivity contribution in [3.8, 4) is 0 Å². The highest BCUT2D eigenvalue weighted by Crippen LogP contribution is 2.20. The molecule has 0 bridgehead atoms. The smallest absolute Gasteiger partial charge is 0.246 e. The molecular weight excluding hydrogens is 350 g/mol. The third-order valence-corrected chi connectivity index (χ3v) is 5.25. The zero-order valence-corrected chi connectivity index (χ0v) is 15.9. The van der Waals surface area contributed by atoms with Gasteiger partial charge in [0.1, 0.15) is 0 Å². The van der Waals surface area contributed by atoms with Crippen LogP contribution in [0.1, 0.15) is 35.4 Å². The second-order valence-electron chi connectivity index (χ2n) is 6.72. The summed E-state index contributed by atoms with van der Waals surface area (Å²) >= 11 is 6.25. The Labute approximate surface area is 158 Å². The second kappa shape index (κ2) is 8.06. The third kappa shape index (κ3) is 4.17. The van der Waals surface area contributed by atoms with Gasteiger partial charge in [-0.15, -0.1) is 0 Å². The van der Waals surface area contributed by atoms with E-state index in [1.807, 2.05) is 48.9 Å². The lowest BCUT2D eigenvalue weighted by Gasteiger charge is -2.28. The van der Waals surface area contributed by atoms with Crippen LogP contribution in [0.4, 0.5) is 0 Å². The maximum Gasteiger partial charge on any atom is 0.246 e. The van der Waals surface area contributed by atoms with Gasteiger partial charge in [0.25, 0.3) is 0 Å². The average molecular weight is 374 g/mol. The van der Waals surface area contributed by atoms with Crippen LogP contribution in [0, 0.1) is 13.8 Å². The molecule has 5 nitrogen and oxygen atoms in total. The van der Waals surface area contributed by atoms with Crippen molar-refractivity contribution in [3.05, 3.63) is 57.9 Å². The molecule has 26 heavy (non-hydrogen) atoms. The number of carbonyl (C=O) groups is 1. The van der Waals surface area contributed by atoms with Gasteiger partial charge in [0.05, 0.1) is 18.3 Å². The number of nitrogens with zero attached hydrogens (tertiary/aromatic N) is 3. The van der Waals surface area contributed by atoms with Crippen LogP contribution < -0.4 is 0 Å². The van der Waals surface area contributed by atoms with Crippen LogP contribution >= 0.6 is 11.6 Å². The van der Waals surface area contributed by atoms with E-state index >= 15 is 0 Å². The van der Waals surface area contributed by atoms with Crippen molar-refractivity contribution in [2.45, 2.75) is 39.3 Å². The average Bonchev–Trinajstić information content (AvgIpc) is 2.89. The highest BCUT2D eigenvalue weighted by molar-refractivity contribution is 6.31. The number of hydrogen-bond acceptors (Lipinski definition) is 3. The van der Waals surface area contributed by atoms with Gasteiger partial charge in [0.15, 0.2) is 0 Å². The molecule has 138 valence electrons. The number of amides is 1. The number of benzene rings is 1. The summed E-state index contributed by atoms with van der Waals surface area (Å²) in [6.45, 7) is 5.75. The van der Waals surface area contributed by atoms with Gasteiger partial charge in [-0.05, 0) is 44.4 Å². The summed E-state index contributed by atoms with van der Waals surface area (Å²) in [6, 6.07) is 7.73. The highest BCUT2D eigenvalue weighted by Gasteiger charge is 2.20. The van der Waals surface area contributed by atoms with Gasteiger partial charge in [0, 0.05) is 35.4 Å². The summed E-state index contributed by atoms with van der Waals surface area (Å²) in [5.41, 5.74) is 3.86. The fourth-order valence-corrected chi connectivity index (χ4v) is 3.44. The Morgan fingerprint density at radius 3 is 2.69 bits per heavy atom. The van der Waals surface area contributed by atoms with Crippen molar-refractivity contribution >= 4 is 23.6 Å². The molecule has 2 heterocycles. The van der Waals surface area contributed by atoms with Crippen LogP contribution in [0.3, 0.4) is 0 Å². The molecule has 0 spiro atoms. The first-order valence-electron chi connectivity index (χ1n) is 8.88. The maximum atomic E-state index is 12.4. The number of halogens is 1. The first kappa shape index (κ1) is 18.7. The zero-order valence-electron chi connectivity index (χ0n) is 15.2. The molecule has 0 aliphatic carbocycles. The lowest BCUT2D eigenvalue weighted by molar-refractivity contribution is -0.127. The number of aliphatic hydroxyl groups excluding tert-OH is 1. The van der Waals surface area contributed by atoms with E-state index in [0.29, 0.717) is 32.5 Å². The third-order valence-electron chi connectivity index (χ3n) is 4.88. The number of aliphatic hydroxyl groups is 1. The molecule has 1 aliphatic heterocycles. The Kier molecular flexibility index (Phi) is 5.79. The van der Waals surface area contributed by atoms with E-state index in [1.54, 1.807) is 11.0 Å². The van der Waals surface area contributed by atoms with E-state index in [4.69, 9.17) is 11.6 Å². The molecule has 1 aromatic heterocycles. The number of hydrogen-bond donors (Lipinski definition) is 1. The van der Waals surface area contributed by atoms with Crippen molar-refractivity contribution in [1.29, 1.82) is 0 Å². The van der Waals surface area contributed by atoms with Gasteiger partial charge in [-0.3, -0.25) is 9.48 Å². The van der Waals surface area contributed by atoms with Gasteiger partial charge in [0.2, 0.25) is 5.91 Å². The van der Waals surface area contributed by atoms with Crippen LogP contribution in [0.25, 0.3) is 6.08 Å². The minimum absolute atomic E-state index is 0.0189. The fourth-order valence-electron chi connectivity index (χ4n) is 3.24.